The lowest BCUT2D eigenvalue weighted by Crippen LogP contribution is -2.30. The van der Waals surface area contributed by atoms with Crippen molar-refractivity contribution < 1.29 is 14.3 Å². The summed E-state index contributed by atoms with van der Waals surface area (Å²) in [5, 5.41) is 11.5. The maximum Gasteiger partial charge on any atom is 0.306 e. The fraction of sp³-hybridized carbons (Fsp3) is 0.211. The van der Waals surface area contributed by atoms with Crippen LogP contribution in [0.1, 0.15) is 24.5 Å². The molecule has 0 bridgehead atoms. The van der Waals surface area contributed by atoms with Crippen LogP contribution in [0.2, 0.25) is 0 Å². The molecule has 2 aromatic carbocycles. The first-order valence-corrected chi connectivity index (χ1v) is 7.63. The molecule has 0 unspecified atom stereocenters. The molecule has 0 aromatic heterocycles. The summed E-state index contributed by atoms with van der Waals surface area (Å²) < 4.78 is 5.15. The largest absolute Gasteiger partial charge is 0.453 e. The number of carbonyl (C=O) groups is 2. The molecule has 1 amide bonds. The first kappa shape index (κ1) is 17.2. The fourth-order valence-electron chi connectivity index (χ4n) is 2.11. The quantitative estimate of drug-likeness (QED) is 0.829. The number of hydrogen-bond acceptors (Lipinski definition) is 4. The molecular formula is C19H18N2O3. The van der Waals surface area contributed by atoms with Gasteiger partial charge >= 0.3 is 5.97 Å². The van der Waals surface area contributed by atoms with Crippen molar-refractivity contribution in [2.75, 3.05) is 5.32 Å². The van der Waals surface area contributed by atoms with E-state index >= 15 is 0 Å². The third kappa shape index (κ3) is 5.25. The molecule has 0 radical (unpaired) electrons. The van der Waals surface area contributed by atoms with E-state index in [1.54, 1.807) is 24.3 Å². The molecule has 2 aromatic rings. The third-order valence-electron chi connectivity index (χ3n) is 3.40. The molecule has 24 heavy (non-hydrogen) atoms. The zero-order chi connectivity index (χ0) is 17.4. The third-order valence-corrected chi connectivity index (χ3v) is 3.40. The standard InChI is InChI=1S/C19H18N2O3/c1-14(19(23)21-17-9-5-8-16(12-17)13-20)24-18(22)11-10-15-6-3-2-4-7-15/h2-9,12,14H,10-11H2,1H3,(H,21,23)/t14-/m0/s1. The normalized spacial score (nSPS) is 11.2. The van der Waals surface area contributed by atoms with Crippen molar-refractivity contribution in [1.82, 2.24) is 0 Å². The summed E-state index contributed by atoms with van der Waals surface area (Å²) in [7, 11) is 0. The number of anilines is 1. The number of nitriles is 1. The SMILES string of the molecule is C[C@H](OC(=O)CCc1ccccc1)C(=O)Nc1cccc(C#N)c1. The fourth-order valence-corrected chi connectivity index (χ4v) is 2.11. The molecule has 0 aliphatic carbocycles. The van der Waals surface area contributed by atoms with Crippen molar-refractivity contribution in [3.63, 3.8) is 0 Å². The molecule has 0 heterocycles. The Bertz CT molecular complexity index is 751. The molecule has 1 N–H and O–H groups in total. The van der Waals surface area contributed by atoms with Gasteiger partial charge in [0.25, 0.3) is 5.91 Å². The smallest absolute Gasteiger partial charge is 0.306 e. The second kappa shape index (κ2) is 8.49. The van der Waals surface area contributed by atoms with Crippen LogP contribution >= 0.6 is 0 Å². The number of nitrogens with one attached hydrogen (secondary N) is 1. The summed E-state index contributed by atoms with van der Waals surface area (Å²) in [6.45, 7) is 1.52. The lowest BCUT2D eigenvalue weighted by Gasteiger charge is -2.13. The number of aryl methyl sites for hydroxylation is 1. The number of amides is 1. The van der Waals surface area contributed by atoms with E-state index < -0.39 is 18.0 Å². The number of rotatable bonds is 6. The highest BCUT2D eigenvalue weighted by molar-refractivity contribution is 5.95. The molecule has 1 atom stereocenters. The molecule has 0 fully saturated rings. The minimum absolute atomic E-state index is 0.214. The summed E-state index contributed by atoms with van der Waals surface area (Å²) in [6, 6.07) is 18.1. The van der Waals surface area contributed by atoms with Crippen molar-refractivity contribution >= 4 is 17.6 Å². The van der Waals surface area contributed by atoms with E-state index in [1.807, 2.05) is 36.4 Å². The van der Waals surface area contributed by atoms with Gasteiger partial charge in [0.2, 0.25) is 0 Å². The summed E-state index contributed by atoms with van der Waals surface area (Å²) in [5.74, 6) is -0.856. The van der Waals surface area contributed by atoms with Crippen molar-refractivity contribution in [3.05, 3.63) is 65.7 Å². The number of benzene rings is 2. The van der Waals surface area contributed by atoms with E-state index in [9.17, 15) is 9.59 Å². The van der Waals surface area contributed by atoms with Crippen LogP contribution in [0.25, 0.3) is 0 Å². The van der Waals surface area contributed by atoms with E-state index in [0.29, 0.717) is 17.7 Å². The van der Waals surface area contributed by atoms with Gasteiger partial charge in [-0.2, -0.15) is 5.26 Å². The number of esters is 1. The number of ether oxygens (including phenoxy) is 1. The lowest BCUT2D eigenvalue weighted by atomic mass is 10.1. The second-order valence-corrected chi connectivity index (χ2v) is 5.30. The summed E-state index contributed by atoms with van der Waals surface area (Å²) in [4.78, 5) is 23.9. The molecule has 0 spiro atoms. The van der Waals surface area contributed by atoms with Gasteiger partial charge in [-0.1, -0.05) is 36.4 Å². The molecular weight excluding hydrogens is 304 g/mol. The lowest BCUT2D eigenvalue weighted by molar-refractivity contribution is -0.153. The van der Waals surface area contributed by atoms with Crippen LogP contribution in [0.4, 0.5) is 5.69 Å². The Hall–Kier alpha value is -3.13. The van der Waals surface area contributed by atoms with Gasteiger partial charge in [-0.15, -0.1) is 0 Å². The van der Waals surface area contributed by atoms with Gasteiger partial charge in [-0.3, -0.25) is 9.59 Å². The maximum absolute atomic E-state index is 12.1. The average molecular weight is 322 g/mol. The van der Waals surface area contributed by atoms with E-state index in [0.717, 1.165) is 5.56 Å². The van der Waals surface area contributed by atoms with Crippen LogP contribution in [-0.4, -0.2) is 18.0 Å². The minimum atomic E-state index is -0.904. The Labute approximate surface area is 140 Å². The Morgan fingerprint density at radius 3 is 2.62 bits per heavy atom. The van der Waals surface area contributed by atoms with Crippen molar-refractivity contribution in [3.8, 4) is 6.07 Å². The first-order chi connectivity index (χ1) is 11.6. The average Bonchev–Trinajstić information content (AvgIpc) is 2.61. The van der Waals surface area contributed by atoms with Gasteiger partial charge in [0, 0.05) is 12.1 Å². The van der Waals surface area contributed by atoms with E-state index in [2.05, 4.69) is 5.32 Å². The molecule has 0 aliphatic heterocycles. The van der Waals surface area contributed by atoms with Gasteiger partial charge in [-0.25, -0.2) is 0 Å². The second-order valence-electron chi connectivity index (χ2n) is 5.30. The van der Waals surface area contributed by atoms with Gasteiger partial charge < -0.3 is 10.1 Å². The molecule has 5 nitrogen and oxygen atoms in total. The number of carbonyl (C=O) groups excluding carboxylic acids is 2. The van der Waals surface area contributed by atoms with Crippen LogP contribution in [-0.2, 0) is 20.7 Å². The Morgan fingerprint density at radius 1 is 1.17 bits per heavy atom. The molecule has 0 saturated carbocycles. The van der Waals surface area contributed by atoms with Crippen LogP contribution in [0, 0.1) is 11.3 Å². The molecule has 122 valence electrons. The summed E-state index contributed by atoms with van der Waals surface area (Å²) >= 11 is 0. The van der Waals surface area contributed by atoms with Gasteiger partial charge in [0.15, 0.2) is 6.10 Å². The highest BCUT2D eigenvalue weighted by Gasteiger charge is 2.18. The minimum Gasteiger partial charge on any atom is -0.453 e. The highest BCUT2D eigenvalue weighted by Crippen LogP contribution is 2.11. The predicted molar refractivity (Wildman–Crippen MR) is 90.1 cm³/mol. The molecule has 5 heteroatoms. The molecule has 0 aliphatic rings. The maximum atomic E-state index is 12.1. The van der Waals surface area contributed by atoms with E-state index in [-0.39, 0.29) is 6.42 Å². The van der Waals surface area contributed by atoms with Gasteiger partial charge in [0.05, 0.1) is 11.6 Å². The number of nitrogens with zero attached hydrogens (tertiary/aromatic N) is 1. The van der Waals surface area contributed by atoms with Gasteiger partial charge in [0.1, 0.15) is 0 Å². The Kier molecular flexibility index (Phi) is 6.09. The molecule has 0 saturated heterocycles. The van der Waals surface area contributed by atoms with Crippen LogP contribution in [0.3, 0.4) is 0 Å². The van der Waals surface area contributed by atoms with Crippen LogP contribution in [0.5, 0.6) is 0 Å². The monoisotopic (exact) mass is 322 g/mol. The topological polar surface area (TPSA) is 79.2 Å². The van der Waals surface area contributed by atoms with Crippen molar-refractivity contribution in [2.45, 2.75) is 25.9 Å². The van der Waals surface area contributed by atoms with Crippen molar-refractivity contribution in [1.29, 1.82) is 5.26 Å². The Balaban J connectivity index is 1.82. The van der Waals surface area contributed by atoms with Crippen LogP contribution < -0.4 is 5.32 Å². The van der Waals surface area contributed by atoms with E-state index in [4.69, 9.17) is 10.00 Å². The van der Waals surface area contributed by atoms with Crippen molar-refractivity contribution in [2.24, 2.45) is 0 Å². The summed E-state index contributed by atoms with van der Waals surface area (Å²) in [6.07, 6.45) is -0.122. The summed E-state index contributed by atoms with van der Waals surface area (Å²) in [5.41, 5.74) is 1.98. The Morgan fingerprint density at radius 2 is 1.92 bits per heavy atom. The zero-order valence-electron chi connectivity index (χ0n) is 13.4. The first-order valence-electron chi connectivity index (χ1n) is 7.63. The number of hydrogen-bond donors (Lipinski definition) is 1. The highest BCUT2D eigenvalue weighted by atomic mass is 16.5. The van der Waals surface area contributed by atoms with E-state index in [1.165, 1.54) is 6.92 Å². The van der Waals surface area contributed by atoms with Crippen LogP contribution in [0.15, 0.2) is 54.6 Å². The zero-order valence-corrected chi connectivity index (χ0v) is 13.4. The molecule has 2 rings (SSSR count). The van der Waals surface area contributed by atoms with Gasteiger partial charge in [-0.05, 0) is 37.1 Å². The predicted octanol–water partition coefficient (Wildman–Crippen LogP) is 3.06.